The molecule has 2 aromatic rings. The predicted octanol–water partition coefficient (Wildman–Crippen LogP) is 3.28. The Balaban J connectivity index is 1.96. The summed E-state index contributed by atoms with van der Waals surface area (Å²) in [7, 11) is 3.17. The van der Waals surface area contributed by atoms with Gasteiger partial charge in [-0.05, 0) is 24.3 Å². The third-order valence-electron chi connectivity index (χ3n) is 2.49. The van der Waals surface area contributed by atoms with Crippen molar-refractivity contribution in [2.75, 3.05) is 14.2 Å². The molecule has 1 radical (unpaired) electrons. The Bertz CT molecular complexity index is 478. The van der Waals surface area contributed by atoms with Crippen LogP contribution in [0.5, 0.6) is 23.0 Å². The molecule has 0 fully saturated rings. The molecular weight excluding hydrogens is 244 g/mol. The second-order valence-corrected chi connectivity index (χ2v) is 3.63. The first-order valence-electron chi connectivity index (χ1n) is 5.76. The Labute approximate surface area is 112 Å². The van der Waals surface area contributed by atoms with Gasteiger partial charge < -0.3 is 18.9 Å². The van der Waals surface area contributed by atoms with Crippen LogP contribution in [-0.2, 0) is 0 Å². The highest BCUT2D eigenvalue weighted by molar-refractivity contribution is 5.41. The fraction of sp³-hybridized carbons (Fsp3) is 0.133. The predicted molar refractivity (Wildman–Crippen MR) is 71.5 cm³/mol. The molecule has 0 amide bonds. The zero-order chi connectivity index (χ0) is 13.5. The van der Waals surface area contributed by atoms with E-state index < -0.39 is 0 Å². The molecule has 0 aliphatic rings. The molecule has 19 heavy (non-hydrogen) atoms. The Morgan fingerprint density at radius 3 is 1.37 bits per heavy atom. The zero-order valence-corrected chi connectivity index (χ0v) is 10.8. The van der Waals surface area contributed by atoms with Gasteiger partial charge >= 0.3 is 6.79 Å². The monoisotopic (exact) mass is 259 g/mol. The molecule has 0 bridgehead atoms. The lowest BCUT2D eigenvalue weighted by Crippen LogP contribution is -2.01. The van der Waals surface area contributed by atoms with Crippen molar-refractivity contribution in [2.24, 2.45) is 0 Å². The summed E-state index contributed by atoms with van der Waals surface area (Å²) in [5.41, 5.74) is 0. The molecule has 0 N–H and O–H groups in total. The highest BCUT2D eigenvalue weighted by atomic mass is 16.7. The van der Waals surface area contributed by atoms with Crippen LogP contribution in [0.4, 0.5) is 0 Å². The molecule has 2 rings (SSSR count). The van der Waals surface area contributed by atoms with E-state index in [0.717, 1.165) is 0 Å². The SMILES string of the molecule is COc1ccccc1O[CH]Oc1ccccc1OC. The quantitative estimate of drug-likeness (QED) is 0.797. The molecule has 0 unspecified atom stereocenters. The van der Waals surface area contributed by atoms with Gasteiger partial charge in [0.05, 0.1) is 14.2 Å². The summed E-state index contributed by atoms with van der Waals surface area (Å²) < 4.78 is 21.1. The molecular formula is C15H15O4. The average molecular weight is 259 g/mol. The number of methoxy groups -OCH3 is 2. The van der Waals surface area contributed by atoms with Crippen LogP contribution in [-0.4, -0.2) is 14.2 Å². The van der Waals surface area contributed by atoms with Crippen molar-refractivity contribution < 1.29 is 18.9 Å². The van der Waals surface area contributed by atoms with E-state index in [9.17, 15) is 0 Å². The molecule has 0 aliphatic carbocycles. The second kappa shape index (κ2) is 6.54. The average Bonchev–Trinajstić information content (AvgIpc) is 2.48. The summed E-state index contributed by atoms with van der Waals surface area (Å²) >= 11 is 0. The Morgan fingerprint density at radius 1 is 0.632 bits per heavy atom. The van der Waals surface area contributed by atoms with Crippen molar-refractivity contribution in [1.29, 1.82) is 0 Å². The Hall–Kier alpha value is -2.36. The summed E-state index contributed by atoms with van der Waals surface area (Å²) in [5.74, 6) is 2.45. The Morgan fingerprint density at radius 2 is 1.00 bits per heavy atom. The normalized spacial score (nSPS) is 9.79. The topological polar surface area (TPSA) is 36.9 Å². The Kier molecular flexibility index (Phi) is 4.50. The van der Waals surface area contributed by atoms with E-state index >= 15 is 0 Å². The number of ether oxygens (including phenoxy) is 4. The first kappa shape index (κ1) is 13.1. The highest BCUT2D eigenvalue weighted by Crippen LogP contribution is 2.29. The minimum atomic E-state index is 0.583. The van der Waals surface area contributed by atoms with Gasteiger partial charge in [-0.1, -0.05) is 24.3 Å². The number of rotatable bonds is 6. The van der Waals surface area contributed by atoms with Crippen molar-refractivity contribution >= 4 is 0 Å². The van der Waals surface area contributed by atoms with Crippen LogP contribution in [0.1, 0.15) is 0 Å². The second-order valence-electron chi connectivity index (χ2n) is 3.63. The fourth-order valence-corrected chi connectivity index (χ4v) is 1.56. The molecule has 0 aliphatic heterocycles. The van der Waals surface area contributed by atoms with Crippen molar-refractivity contribution in [3.05, 3.63) is 55.3 Å². The number of hydrogen-bond acceptors (Lipinski definition) is 4. The molecule has 0 saturated carbocycles. The largest absolute Gasteiger partial charge is 0.493 e. The summed E-state index contributed by atoms with van der Waals surface area (Å²) in [6.45, 7) is 1.25. The summed E-state index contributed by atoms with van der Waals surface area (Å²) in [6, 6.07) is 14.7. The lowest BCUT2D eigenvalue weighted by atomic mass is 10.3. The highest BCUT2D eigenvalue weighted by Gasteiger charge is 2.06. The first-order chi connectivity index (χ1) is 9.35. The van der Waals surface area contributed by atoms with Gasteiger partial charge in [-0.25, -0.2) is 0 Å². The van der Waals surface area contributed by atoms with Gasteiger partial charge in [0.2, 0.25) is 0 Å². The maximum atomic E-state index is 5.40. The maximum Gasteiger partial charge on any atom is 0.316 e. The van der Waals surface area contributed by atoms with Gasteiger partial charge in [0.15, 0.2) is 23.0 Å². The molecule has 2 aromatic carbocycles. The van der Waals surface area contributed by atoms with E-state index in [1.54, 1.807) is 26.4 Å². The fourth-order valence-electron chi connectivity index (χ4n) is 1.56. The van der Waals surface area contributed by atoms with Gasteiger partial charge in [0.1, 0.15) is 0 Å². The zero-order valence-electron chi connectivity index (χ0n) is 10.8. The van der Waals surface area contributed by atoms with E-state index in [1.165, 1.54) is 6.79 Å². The summed E-state index contributed by atoms with van der Waals surface area (Å²) in [6.07, 6.45) is 0. The van der Waals surface area contributed by atoms with Crippen molar-refractivity contribution in [3.8, 4) is 23.0 Å². The van der Waals surface area contributed by atoms with Crippen molar-refractivity contribution in [1.82, 2.24) is 0 Å². The first-order valence-corrected chi connectivity index (χ1v) is 5.76. The lowest BCUT2D eigenvalue weighted by molar-refractivity contribution is 0.198. The smallest absolute Gasteiger partial charge is 0.316 e. The number of benzene rings is 2. The number of hydrogen-bond donors (Lipinski definition) is 0. The van der Waals surface area contributed by atoms with E-state index in [1.807, 2.05) is 36.4 Å². The van der Waals surface area contributed by atoms with Crippen LogP contribution in [0.15, 0.2) is 48.5 Å². The molecule has 0 aromatic heterocycles. The van der Waals surface area contributed by atoms with E-state index in [4.69, 9.17) is 18.9 Å². The van der Waals surface area contributed by atoms with E-state index in [0.29, 0.717) is 23.0 Å². The van der Waals surface area contributed by atoms with Gasteiger partial charge in [0, 0.05) is 0 Å². The molecule has 0 spiro atoms. The van der Waals surface area contributed by atoms with Crippen LogP contribution in [0.25, 0.3) is 0 Å². The molecule has 0 saturated heterocycles. The van der Waals surface area contributed by atoms with Crippen molar-refractivity contribution in [3.63, 3.8) is 0 Å². The third kappa shape index (κ3) is 3.31. The third-order valence-corrected chi connectivity index (χ3v) is 2.49. The van der Waals surface area contributed by atoms with Crippen LogP contribution in [0.3, 0.4) is 0 Å². The minimum absolute atomic E-state index is 0.583. The molecule has 4 nitrogen and oxygen atoms in total. The molecule has 99 valence electrons. The number of para-hydroxylation sites is 4. The minimum Gasteiger partial charge on any atom is -0.493 e. The summed E-state index contributed by atoms with van der Waals surface area (Å²) in [4.78, 5) is 0. The van der Waals surface area contributed by atoms with Crippen LogP contribution < -0.4 is 18.9 Å². The van der Waals surface area contributed by atoms with Crippen LogP contribution in [0, 0.1) is 6.79 Å². The van der Waals surface area contributed by atoms with Gasteiger partial charge in [-0.2, -0.15) is 0 Å². The molecule has 4 heteroatoms. The molecule has 0 heterocycles. The lowest BCUT2D eigenvalue weighted by Gasteiger charge is -2.11. The van der Waals surface area contributed by atoms with Crippen LogP contribution in [0.2, 0.25) is 0 Å². The summed E-state index contributed by atoms with van der Waals surface area (Å²) in [5, 5.41) is 0. The molecule has 0 atom stereocenters. The van der Waals surface area contributed by atoms with Crippen LogP contribution >= 0.6 is 0 Å². The standard InChI is InChI=1S/C15H15O4/c1-16-12-7-3-5-9-14(12)18-11-19-15-10-6-4-8-13(15)17-2/h3-11H,1-2H3. The van der Waals surface area contributed by atoms with Gasteiger partial charge in [-0.15, -0.1) is 0 Å². The van der Waals surface area contributed by atoms with E-state index in [-0.39, 0.29) is 0 Å². The maximum absolute atomic E-state index is 5.40. The van der Waals surface area contributed by atoms with E-state index in [2.05, 4.69) is 0 Å². The van der Waals surface area contributed by atoms with Gasteiger partial charge in [-0.3, -0.25) is 0 Å². The van der Waals surface area contributed by atoms with Crippen molar-refractivity contribution in [2.45, 2.75) is 0 Å². The van der Waals surface area contributed by atoms with Gasteiger partial charge in [0.25, 0.3) is 0 Å².